The Kier molecular flexibility index (Phi) is 8.43. The van der Waals surface area contributed by atoms with Gasteiger partial charge in [-0.2, -0.15) is 0 Å². The fourth-order valence-corrected chi connectivity index (χ4v) is 2.05. The summed E-state index contributed by atoms with van der Waals surface area (Å²) in [7, 11) is 0. The van der Waals surface area contributed by atoms with E-state index in [0.29, 0.717) is 17.3 Å². The molecule has 0 radical (unpaired) electrons. The summed E-state index contributed by atoms with van der Waals surface area (Å²) in [6.45, 7) is 5.25. The van der Waals surface area contributed by atoms with Gasteiger partial charge in [0.2, 0.25) is 0 Å². The third-order valence-electron chi connectivity index (χ3n) is 2.97. The Morgan fingerprint density at radius 2 is 1.86 bits per heavy atom. The molecule has 2 N–H and O–H groups in total. The zero-order valence-corrected chi connectivity index (χ0v) is 13.6. The van der Waals surface area contributed by atoms with E-state index in [4.69, 9.17) is 17.0 Å². The molecule has 0 fully saturated rings. The Bertz CT molecular complexity index is 446. The molecule has 0 unspecified atom stereocenters. The molecule has 0 saturated heterocycles. The lowest BCUT2D eigenvalue weighted by Gasteiger charge is -2.10. The van der Waals surface area contributed by atoms with Crippen LogP contribution in [0.5, 0.6) is 0 Å². The highest BCUT2D eigenvalue weighted by Crippen LogP contribution is 2.10. The molecule has 0 aliphatic rings. The minimum absolute atomic E-state index is 0.305. The summed E-state index contributed by atoms with van der Waals surface area (Å²) in [5, 5.41) is 6.88. The van der Waals surface area contributed by atoms with Gasteiger partial charge in [0.25, 0.3) is 0 Å². The molecule has 0 spiro atoms. The van der Waals surface area contributed by atoms with Crippen LogP contribution in [0.3, 0.4) is 0 Å². The molecule has 0 bridgehead atoms. The molecule has 1 aromatic carbocycles. The van der Waals surface area contributed by atoms with Crippen molar-refractivity contribution in [3.63, 3.8) is 0 Å². The van der Waals surface area contributed by atoms with Crippen LogP contribution in [0.4, 0.5) is 5.69 Å². The first-order valence-electron chi connectivity index (χ1n) is 7.49. The van der Waals surface area contributed by atoms with Crippen LogP contribution >= 0.6 is 12.2 Å². The first kappa shape index (κ1) is 17.4. The van der Waals surface area contributed by atoms with Crippen molar-refractivity contribution in [2.75, 3.05) is 18.5 Å². The predicted molar refractivity (Wildman–Crippen MR) is 90.8 cm³/mol. The Morgan fingerprint density at radius 1 is 1.14 bits per heavy atom. The topological polar surface area (TPSA) is 50.4 Å². The largest absolute Gasteiger partial charge is 0.462 e. The van der Waals surface area contributed by atoms with Gasteiger partial charge in [-0.3, -0.25) is 0 Å². The molecule has 21 heavy (non-hydrogen) atoms. The summed E-state index contributed by atoms with van der Waals surface area (Å²) in [6.07, 6.45) is 4.84. The van der Waals surface area contributed by atoms with E-state index in [1.807, 2.05) is 12.1 Å². The number of carbonyl (C=O) groups excluding carboxylic acids is 1. The van der Waals surface area contributed by atoms with E-state index in [-0.39, 0.29) is 5.97 Å². The molecule has 1 aromatic rings. The fraction of sp³-hybridized carbons (Fsp3) is 0.500. The molecular weight excluding hydrogens is 284 g/mol. The van der Waals surface area contributed by atoms with Crippen molar-refractivity contribution in [1.82, 2.24) is 5.32 Å². The average Bonchev–Trinajstić information content (AvgIpc) is 2.48. The smallest absolute Gasteiger partial charge is 0.338 e. The lowest BCUT2D eigenvalue weighted by Crippen LogP contribution is -2.29. The molecule has 0 amide bonds. The number of rotatable bonds is 8. The summed E-state index contributed by atoms with van der Waals surface area (Å²) in [4.78, 5) is 11.5. The maximum absolute atomic E-state index is 11.5. The quantitative estimate of drug-likeness (QED) is 0.435. The van der Waals surface area contributed by atoms with Gasteiger partial charge in [0.15, 0.2) is 5.11 Å². The maximum atomic E-state index is 11.5. The van der Waals surface area contributed by atoms with E-state index in [1.165, 1.54) is 19.3 Å². The van der Waals surface area contributed by atoms with Gasteiger partial charge in [-0.25, -0.2) is 4.79 Å². The van der Waals surface area contributed by atoms with Crippen molar-refractivity contribution in [3.8, 4) is 0 Å². The first-order valence-corrected chi connectivity index (χ1v) is 7.90. The van der Waals surface area contributed by atoms with Crippen LogP contribution in [0, 0.1) is 0 Å². The van der Waals surface area contributed by atoms with Crippen LogP contribution in [-0.4, -0.2) is 24.2 Å². The Balaban J connectivity index is 2.34. The SMILES string of the molecule is CCCCCCNC(=S)Nc1ccc(C(=O)OCC)cc1. The van der Waals surface area contributed by atoms with Crippen molar-refractivity contribution < 1.29 is 9.53 Å². The van der Waals surface area contributed by atoms with Gasteiger partial charge in [-0.1, -0.05) is 26.2 Å². The van der Waals surface area contributed by atoms with E-state index in [9.17, 15) is 4.79 Å². The fourth-order valence-electron chi connectivity index (χ4n) is 1.83. The maximum Gasteiger partial charge on any atom is 0.338 e. The van der Waals surface area contributed by atoms with Gasteiger partial charge >= 0.3 is 5.97 Å². The summed E-state index contributed by atoms with van der Waals surface area (Å²) in [5.41, 5.74) is 1.40. The Labute approximate surface area is 132 Å². The number of benzene rings is 1. The number of ether oxygens (including phenoxy) is 1. The Hall–Kier alpha value is -1.62. The third kappa shape index (κ3) is 7.09. The zero-order valence-electron chi connectivity index (χ0n) is 12.8. The number of anilines is 1. The molecule has 0 atom stereocenters. The van der Waals surface area contributed by atoms with Crippen LogP contribution in [-0.2, 0) is 4.74 Å². The zero-order chi connectivity index (χ0) is 15.5. The number of esters is 1. The predicted octanol–water partition coefficient (Wildman–Crippen LogP) is 3.73. The lowest BCUT2D eigenvalue weighted by molar-refractivity contribution is 0.0526. The second-order valence-corrected chi connectivity index (χ2v) is 5.15. The standard InChI is InChI=1S/C16H24N2O2S/c1-3-5-6-7-12-17-16(21)18-14-10-8-13(9-11-14)15(19)20-4-2/h8-11H,3-7,12H2,1-2H3,(H2,17,18,21). The number of hydrogen-bond donors (Lipinski definition) is 2. The molecule has 0 aromatic heterocycles. The van der Waals surface area contributed by atoms with Crippen molar-refractivity contribution in [2.24, 2.45) is 0 Å². The van der Waals surface area contributed by atoms with Gasteiger partial charge in [0.05, 0.1) is 12.2 Å². The van der Waals surface area contributed by atoms with Crippen LogP contribution in [0.2, 0.25) is 0 Å². The third-order valence-corrected chi connectivity index (χ3v) is 3.22. The van der Waals surface area contributed by atoms with E-state index >= 15 is 0 Å². The molecule has 0 aliphatic carbocycles. The second-order valence-electron chi connectivity index (χ2n) is 4.74. The highest BCUT2D eigenvalue weighted by atomic mass is 32.1. The van der Waals surface area contributed by atoms with Gasteiger partial charge in [0.1, 0.15) is 0 Å². The molecule has 4 nitrogen and oxygen atoms in total. The van der Waals surface area contributed by atoms with Crippen LogP contribution in [0.1, 0.15) is 49.9 Å². The second kappa shape index (κ2) is 10.2. The average molecular weight is 308 g/mol. The molecular formula is C16H24N2O2S. The summed E-state index contributed by atoms with van der Waals surface area (Å²) < 4.78 is 4.94. The molecule has 5 heteroatoms. The highest BCUT2D eigenvalue weighted by molar-refractivity contribution is 7.80. The number of hydrogen-bond acceptors (Lipinski definition) is 3. The lowest BCUT2D eigenvalue weighted by atomic mass is 10.2. The van der Waals surface area contributed by atoms with Crippen molar-refractivity contribution >= 4 is 29.0 Å². The Morgan fingerprint density at radius 3 is 2.48 bits per heavy atom. The van der Waals surface area contributed by atoms with Gasteiger partial charge in [-0.05, 0) is 49.8 Å². The van der Waals surface area contributed by atoms with E-state index in [0.717, 1.165) is 18.7 Å². The van der Waals surface area contributed by atoms with Crippen LogP contribution in [0.25, 0.3) is 0 Å². The van der Waals surface area contributed by atoms with Gasteiger partial charge in [-0.15, -0.1) is 0 Å². The molecule has 0 saturated carbocycles. The number of thiocarbonyl (C=S) groups is 1. The van der Waals surface area contributed by atoms with Crippen molar-refractivity contribution in [3.05, 3.63) is 29.8 Å². The molecule has 116 valence electrons. The van der Waals surface area contributed by atoms with Crippen LogP contribution < -0.4 is 10.6 Å². The van der Waals surface area contributed by atoms with Gasteiger partial charge in [0, 0.05) is 12.2 Å². The summed E-state index contributed by atoms with van der Waals surface area (Å²) >= 11 is 5.23. The number of nitrogens with one attached hydrogen (secondary N) is 2. The molecule has 0 heterocycles. The van der Waals surface area contributed by atoms with E-state index in [2.05, 4.69) is 17.6 Å². The summed E-state index contributed by atoms with van der Waals surface area (Å²) in [5.74, 6) is -0.305. The number of unbranched alkanes of at least 4 members (excludes halogenated alkanes) is 3. The summed E-state index contributed by atoms with van der Waals surface area (Å²) in [6, 6.07) is 7.09. The van der Waals surface area contributed by atoms with Crippen molar-refractivity contribution in [2.45, 2.75) is 39.5 Å². The van der Waals surface area contributed by atoms with E-state index < -0.39 is 0 Å². The van der Waals surface area contributed by atoms with Crippen molar-refractivity contribution in [1.29, 1.82) is 0 Å². The first-order chi connectivity index (χ1) is 10.2. The highest BCUT2D eigenvalue weighted by Gasteiger charge is 2.05. The molecule has 0 aliphatic heterocycles. The minimum Gasteiger partial charge on any atom is -0.462 e. The number of carbonyl (C=O) groups is 1. The van der Waals surface area contributed by atoms with Gasteiger partial charge < -0.3 is 15.4 Å². The molecule has 1 rings (SSSR count). The minimum atomic E-state index is -0.305. The normalized spacial score (nSPS) is 10.0. The van der Waals surface area contributed by atoms with E-state index in [1.54, 1.807) is 19.1 Å². The monoisotopic (exact) mass is 308 g/mol. The van der Waals surface area contributed by atoms with Crippen LogP contribution in [0.15, 0.2) is 24.3 Å².